The number of carbonyl (C=O) groups excluding carboxylic acids is 2. The van der Waals surface area contributed by atoms with Crippen LogP contribution in [0.3, 0.4) is 0 Å². The van der Waals surface area contributed by atoms with Crippen molar-refractivity contribution in [2.24, 2.45) is 11.7 Å². The number of nitrogens with one attached hydrogen (secondary N) is 1. The van der Waals surface area contributed by atoms with Gasteiger partial charge < -0.3 is 16.0 Å². The predicted octanol–water partition coefficient (Wildman–Crippen LogP) is 3.15. The van der Waals surface area contributed by atoms with Crippen LogP contribution in [0.25, 0.3) is 0 Å². The second kappa shape index (κ2) is 8.43. The summed E-state index contributed by atoms with van der Waals surface area (Å²) in [5, 5.41) is 2.56. The molecule has 0 saturated carbocycles. The fraction of sp³-hybridized carbons (Fsp3) is 0.579. The van der Waals surface area contributed by atoms with Gasteiger partial charge in [0, 0.05) is 30.6 Å². The number of benzene rings is 1. The summed E-state index contributed by atoms with van der Waals surface area (Å²) in [5.74, 6) is -0.850. The Balaban J connectivity index is 2.13. The molecule has 138 valence electrons. The van der Waals surface area contributed by atoms with Crippen LogP contribution >= 0.6 is 0 Å². The van der Waals surface area contributed by atoms with E-state index in [9.17, 15) is 14.0 Å². The molecule has 5 nitrogen and oxygen atoms in total. The van der Waals surface area contributed by atoms with Gasteiger partial charge in [-0.1, -0.05) is 13.8 Å². The Bertz CT molecular complexity index is 631. The molecule has 1 fully saturated rings. The molecular weight excluding hydrogens is 321 g/mol. The summed E-state index contributed by atoms with van der Waals surface area (Å²) in [7, 11) is 0. The summed E-state index contributed by atoms with van der Waals surface area (Å²) in [6.07, 6.45) is 3.17. The number of halogens is 1. The van der Waals surface area contributed by atoms with Gasteiger partial charge in [0.2, 0.25) is 5.91 Å². The van der Waals surface area contributed by atoms with Crippen molar-refractivity contribution >= 4 is 17.5 Å². The van der Waals surface area contributed by atoms with Gasteiger partial charge >= 0.3 is 0 Å². The van der Waals surface area contributed by atoms with Gasteiger partial charge in [0.15, 0.2) is 0 Å². The van der Waals surface area contributed by atoms with E-state index in [4.69, 9.17) is 5.73 Å². The van der Waals surface area contributed by atoms with Gasteiger partial charge in [0.1, 0.15) is 5.82 Å². The molecule has 1 saturated heterocycles. The number of piperidine rings is 1. The first-order chi connectivity index (χ1) is 11.8. The second-order valence-corrected chi connectivity index (χ2v) is 7.26. The molecule has 3 N–H and O–H groups in total. The van der Waals surface area contributed by atoms with Crippen LogP contribution in [0.2, 0.25) is 0 Å². The highest BCUT2D eigenvalue weighted by molar-refractivity contribution is 5.96. The van der Waals surface area contributed by atoms with Crippen molar-refractivity contribution in [1.29, 1.82) is 0 Å². The van der Waals surface area contributed by atoms with Crippen LogP contribution in [-0.2, 0) is 4.79 Å². The average Bonchev–Trinajstić information content (AvgIpc) is 2.55. The lowest BCUT2D eigenvalue weighted by atomic mass is 9.96. The molecule has 2 rings (SSSR count). The molecule has 1 aromatic rings. The minimum Gasteiger partial charge on any atom is -0.334 e. The maximum Gasteiger partial charge on any atom is 0.254 e. The molecule has 0 aromatic heterocycles. The van der Waals surface area contributed by atoms with Gasteiger partial charge in [-0.15, -0.1) is 0 Å². The molecule has 0 aliphatic carbocycles. The Kier molecular flexibility index (Phi) is 6.53. The maximum atomic E-state index is 14.3. The summed E-state index contributed by atoms with van der Waals surface area (Å²) >= 11 is 0. The zero-order valence-corrected chi connectivity index (χ0v) is 15.2. The number of nitrogens with two attached hydrogens (primary N) is 1. The third kappa shape index (κ3) is 5.01. The molecular formula is C19H28FN3O2. The van der Waals surface area contributed by atoms with Crippen molar-refractivity contribution < 1.29 is 14.0 Å². The smallest absolute Gasteiger partial charge is 0.254 e. The van der Waals surface area contributed by atoms with Crippen molar-refractivity contribution in [3.05, 3.63) is 29.6 Å². The number of anilines is 1. The number of amides is 2. The molecule has 1 aliphatic heterocycles. The van der Waals surface area contributed by atoms with E-state index in [0.29, 0.717) is 13.0 Å². The van der Waals surface area contributed by atoms with Crippen molar-refractivity contribution in [3.63, 3.8) is 0 Å². The molecule has 1 heterocycles. The first-order valence-electron chi connectivity index (χ1n) is 8.95. The molecule has 1 aliphatic rings. The van der Waals surface area contributed by atoms with Crippen LogP contribution < -0.4 is 11.1 Å². The summed E-state index contributed by atoms with van der Waals surface area (Å²) < 4.78 is 14.3. The topological polar surface area (TPSA) is 75.4 Å². The van der Waals surface area contributed by atoms with E-state index < -0.39 is 5.82 Å². The minimum atomic E-state index is -0.600. The van der Waals surface area contributed by atoms with Gasteiger partial charge in [-0.05, 0) is 50.3 Å². The number of rotatable bonds is 5. The van der Waals surface area contributed by atoms with Crippen LogP contribution in [0, 0.1) is 11.7 Å². The van der Waals surface area contributed by atoms with Crippen LogP contribution in [0.1, 0.15) is 56.8 Å². The Morgan fingerprint density at radius 1 is 1.32 bits per heavy atom. The Labute approximate surface area is 148 Å². The number of carbonyl (C=O) groups is 2. The van der Waals surface area contributed by atoms with Gasteiger partial charge in [0.05, 0.1) is 5.69 Å². The van der Waals surface area contributed by atoms with Gasteiger partial charge in [-0.3, -0.25) is 9.59 Å². The third-order valence-electron chi connectivity index (χ3n) is 4.50. The predicted molar refractivity (Wildman–Crippen MR) is 96.8 cm³/mol. The van der Waals surface area contributed by atoms with Crippen LogP contribution in [0.15, 0.2) is 18.2 Å². The first kappa shape index (κ1) is 19.4. The Morgan fingerprint density at radius 2 is 2.04 bits per heavy atom. The molecule has 0 radical (unpaired) electrons. The monoisotopic (exact) mass is 349 g/mol. The molecule has 0 bridgehead atoms. The van der Waals surface area contributed by atoms with Crippen LogP contribution in [0.5, 0.6) is 0 Å². The highest BCUT2D eigenvalue weighted by atomic mass is 19.1. The minimum absolute atomic E-state index is 0.0188. The van der Waals surface area contributed by atoms with Gasteiger partial charge in [-0.25, -0.2) is 4.39 Å². The number of hydrogen-bond donors (Lipinski definition) is 2. The largest absolute Gasteiger partial charge is 0.334 e. The Hall–Kier alpha value is -1.95. The lowest BCUT2D eigenvalue weighted by Crippen LogP contribution is -2.51. The van der Waals surface area contributed by atoms with Crippen molar-refractivity contribution in [2.75, 3.05) is 11.9 Å². The van der Waals surface area contributed by atoms with E-state index in [-0.39, 0.29) is 41.1 Å². The number of nitrogens with zero attached hydrogens (tertiary/aromatic N) is 1. The molecule has 25 heavy (non-hydrogen) atoms. The van der Waals surface area contributed by atoms with Gasteiger partial charge in [-0.2, -0.15) is 0 Å². The lowest BCUT2D eigenvalue weighted by molar-refractivity contribution is -0.116. The zero-order chi connectivity index (χ0) is 18.6. The fourth-order valence-electron chi connectivity index (χ4n) is 3.24. The molecule has 2 unspecified atom stereocenters. The zero-order valence-electron chi connectivity index (χ0n) is 15.2. The van der Waals surface area contributed by atoms with Crippen molar-refractivity contribution in [2.45, 2.75) is 58.5 Å². The van der Waals surface area contributed by atoms with E-state index in [1.165, 1.54) is 12.1 Å². The SMILES string of the molecule is CC(C)CC(=O)Nc1ccc(C(=O)N2CCCCC2C(C)N)cc1F. The summed E-state index contributed by atoms with van der Waals surface area (Å²) in [4.78, 5) is 26.3. The molecule has 0 spiro atoms. The van der Waals surface area contributed by atoms with E-state index in [0.717, 1.165) is 19.3 Å². The van der Waals surface area contributed by atoms with E-state index in [2.05, 4.69) is 5.32 Å². The van der Waals surface area contributed by atoms with E-state index in [1.807, 2.05) is 20.8 Å². The van der Waals surface area contributed by atoms with Gasteiger partial charge in [0.25, 0.3) is 5.91 Å². The number of likely N-dealkylation sites (tertiary alicyclic amines) is 1. The normalized spacial score (nSPS) is 19.0. The lowest BCUT2D eigenvalue weighted by Gasteiger charge is -2.38. The summed E-state index contributed by atoms with van der Waals surface area (Å²) in [5.41, 5.74) is 6.39. The summed E-state index contributed by atoms with van der Waals surface area (Å²) in [6, 6.07) is 4.06. The first-order valence-corrected chi connectivity index (χ1v) is 8.95. The van der Waals surface area contributed by atoms with Crippen LogP contribution in [0.4, 0.5) is 10.1 Å². The molecule has 2 amide bonds. The number of hydrogen-bond acceptors (Lipinski definition) is 3. The average molecular weight is 349 g/mol. The molecule has 1 aromatic carbocycles. The standard InChI is InChI=1S/C19H28FN3O2/c1-12(2)10-18(24)22-16-8-7-14(11-15(16)20)19(25)23-9-5-4-6-17(23)13(3)21/h7-8,11-13,17H,4-6,9-10,21H2,1-3H3,(H,22,24). The van der Waals surface area contributed by atoms with E-state index >= 15 is 0 Å². The maximum absolute atomic E-state index is 14.3. The Morgan fingerprint density at radius 3 is 2.64 bits per heavy atom. The fourth-order valence-corrected chi connectivity index (χ4v) is 3.24. The molecule has 6 heteroatoms. The quantitative estimate of drug-likeness (QED) is 0.857. The van der Waals surface area contributed by atoms with Crippen molar-refractivity contribution in [1.82, 2.24) is 4.90 Å². The highest BCUT2D eigenvalue weighted by Gasteiger charge is 2.30. The second-order valence-electron chi connectivity index (χ2n) is 7.26. The highest BCUT2D eigenvalue weighted by Crippen LogP contribution is 2.23. The van der Waals surface area contributed by atoms with Crippen LogP contribution in [-0.4, -0.2) is 35.3 Å². The third-order valence-corrected chi connectivity index (χ3v) is 4.50. The van der Waals surface area contributed by atoms with Crippen molar-refractivity contribution in [3.8, 4) is 0 Å². The van der Waals surface area contributed by atoms with E-state index in [1.54, 1.807) is 11.0 Å². The molecule has 2 atom stereocenters. The summed E-state index contributed by atoms with van der Waals surface area (Å²) in [6.45, 7) is 6.38.